The van der Waals surface area contributed by atoms with E-state index in [1.54, 1.807) is 0 Å². The van der Waals surface area contributed by atoms with E-state index in [-0.39, 0.29) is 0 Å². The summed E-state index contributed by atoms with van der Waals surface area (Å²) in [5.74, 6) is 0.969. The van der Waals surface area contributed by atoms with Gasteiger partial charge in [-0.1, -0.05) is 24.3 Å². The van der Waals surface area contributed by atoms with Gasteiger partial charge in [-0.2, -0.15) is 0 Å². The summed E-state index contributed by atoms with van der Waals surface area (Å²) in [4.78, 5) is 6.69. The minimum absolute atomic E-state index is 0.301. The van der Waals surface area contributed by atoms with Gasteiger partial charge in [-0.05, 0) is 36.6 Å². The van der Waals surface area contributed by atoms with E-state index >= 15 is 0 Å². The van der Waals surface area contributed by atoms with Crippen LogP contribution in [0.3, 0.4) is 0 Å². The van der Waals surface area contributed by atoms with E-state index in [9.17, 15) is 0 Å². The molecule has 0 saturated carbocycles. The first-order chi connectivity index (χ1) is 9.79. The summed E-state index contributed by atoms with van der Waals surface area (Å²) in [6, 6.07) is 12.3. The summed E-state index contributed by atoms with van der Waals surface area (Å²) in [7, 11) is 0. The van der Waals surface area contributed by atoms with Gasteiger partial charge < -0.3 is 4.74 Å². The molecule has 2 aromatic rings. The summed E-state index contributed by atoms with van der Waals surface area (Å²) < 4.78 is 6.01. The van der Waals surface area contributed by atoms with Gasteiger partial charge in [0.1, 0.15) is 11.9 Å². The van der Waals surface area contributed by atoms with Crippen LogP contribution in [0, 0.1) is 6.92 Å². The molecule has 1 aliphatic heterocycles. The molecule has 20 heavy (non-hydrogen) atoms. The highest BCUT2D eigenvalue weighted by Gasteiger charge is 2.23. The number of benzene rings is 1. The van der Waals surface area contributed by atoms with Gasteiger partial charge in [-0.15, -0.1) is 0 Å². The van der Waals surface area contributed by atoms with E-state index in [0.29, 0.717) is 6.10 Å². The van der Waals surface area contributed by atoms with Crippen LogP contribution in [0.2, 0.25) is 0 Å². The lowest BCUT2D eigenvalue weighted by atomic mass is 10.2. The zero-order chi connectivity index (χ0) is 13.8. The Morgan fingerprint density at radius 2 is 2.10 bits per heavy atom. The predicted octanol–water partition coefficient (Wildman–Crippen LogP) is 3.04. The van der Waals surface area contributed by atoms with Gasteiger partial charge in [0.25, 0.3) is 0 Å². The molecular weight excluding hydrogens is 248 g/mol. The molecule has 1 aliphatic rings. The first-order valence-electron chi connectivity index (χ1n) is 7.14. The molecule has 1 aromatic heterocycles. The van der Waals surface area contributed by atoms with Crippen molar-refractivity contribution < 1.29 is 4.74 Å². The SMILES string of the molecule is Cc1cncc(CN2CC[C@H](Oc3ccccc3)C2)c1. The number of hydrogen-bond acceptors (Lipinski definition) is 3. The Hall–Kier alpha value is -1.87. The van der Waals surface area contributed by atoms with Crippen molar-refractivity contribution in [1.82, 2.24) is 9.88 Å². The van der Waals surface area contributed by atoms with Crippen LogP contribution in [-0.4, -0.2) is 29.1 Å². The van der Waals surface area contributed by atoms with Gasteiger partial charge in [0, 0.05) is 32.0 Å². The second-order valence-corrected chi connectivity index (χ2v) is 5.45. The van der Waals surface area contributed by atoms with E-state index < -0.39 is 0 Å². The van der Waals surface area contributed by atoms with Crippen molar-refractivity contribution in [3.8, 4) is 5.75 Å². The molecule has 3 rings (SSSR count). The molecule has 3 heteroatoms. The standard InChI is InChI=1S/C17H20N2O/c1-14-9-15(11-18-10-14)12-19-8-7-17(13-19)20-16-5-3-2-4-6-16/h2-6,9-11,17H,7-8,12-13H2,1H3/t17-/m0/s1. The van der Waals surface area contributed by atoms with Crippen molar-refractivity contribution in [2.75, 3.05) is 13.1 Å². The molecule has 0 aliphatic carbocycles. The molecule has 104 valence electrons. The highest BCUT2D eigenvalue weighted by atomic mass is 16.5. The van der Waals surface area contributed by atoms with Gasteiger partial charge >= 0.3 is 0 Å². The summed E-state index contributed by atoms with van der Waals surface area (Å²) >= 11 is 0. The Morgan fingerprint density at radius 1 is 1.25 bits per heavy atom. The van der Waals surface area contributed by atoms with E-state index in [1.807, 2.05) is 42.7 Å². The van der Waals surface area contributed by atoms with Crippen molar-refractivity contribution in [3.63, 3.8) is 0 Å². The van der Waals surface area contributed by atoms with Gasteiger partial charge in [0.05, 0.1) is 0 Å². The van der Waals surface area contributed by atoms with E-state index in [4.69, 9.17) is 4.74 Å². The lowest BCUT2D eigenvalue weighted by Gasteiger charge is -2.17. The molecule has 1 atom stereocenters. The molecule has 0 unspecified atom stereocenters. The van der Waals surface area contributed by atoms with E-state index in [1.165, 1.54) is 11.1 Å². The number of nitrogens with zero attached hydrogens (tertiary/aromatic N) is 2. The first-order valence-corrected chi connectivity index (χ1v) is 7.14. The second kappa shape index (κ2) is 6.06. The number of ether oxygens (including phenoxy) is 1. The molecule has 1 aromatic carbocycles. The van der Waals surface area contributed by atoms with Crippen LogP contribution in [0.5, 0.6) is 5.75 Å². The van der Waals surface area contributed by atoms with Crippen LogP contribution in [0.25, 0.3) is 0 Å². The van der Waals surface area contributed by atoms with Gasteiger partial charge in [0.2, 0.25) is 0 Å². The van der Waals surface area contributed by atoms with Crippen LogP contribution in [-0.2, 0) is 6.54 Å². The lowest BCUT2D eigenvalue weighted by molar-refractivity contribution is 0.198. The van der Waals surface area contributed by atoms with Crippen molar-refractivity contribution in [3.05, 3.63) is 59.9 Å². The Kier molecular flexibility index (Phi) is 3.97. The van der Waals surface area contributed by atoms with Crippen LogP contribution in [0.4, 0.5) is 0 Å². The third-order valence-electron chi connectivity index (χ3n) is 3.61. The van der Waals surface area contributed by atoms with Crippen LogP contribution < -0.4 is 4.74 Å². The number of pyridine rings is 1. The molecular formula is C17H20N2O. The fourth-order valence-corrected chi connectivity index (χ4v) is 2.69. The van der Waals surface area contributed by atoms with E-state index in [2.05, 4.69) is 22.9 Å². The van der Waals surface area contributed by atoms with Gasteiger partial charge in [-0.25, -0.2) is 0 Å². The molecule has 0 radical (unpaired) electrons. The molecule has 2 heterocycles. The zero-order valence-corrected chi connectivity index (χ0v) is 11.8. The number of hydrogen-bond donors (Lipinski definition) is 0. The zero-order valence-electron chi connectivity index (χ0n) is 11.8. The van der Waals surface area contributed by atoms with Crippen molar-refractivity contribution in [2.24, 2.45) is 0 Å². The fourth-order valence-electron chi connectivity index (χ4n) is 2.69. The Balaban J connectivity index is 1.54. The third-order valence-corrected chi connectivity index (χ3v) is 3.61. The monoisotopic (exact) mass is 268 g/mol. The number of aryl methyl sites for hydroxylation is 1. The highest BCUT2D eigenvalue weighted by Crippen LogP contribution is 2.19. The Bertz CT molecular complexity index is 556. The first kappa shape index (κ1) is 13.1. The molecule has 1 fully saturated rings. The third kappa shape index (κ3) is 3.36. The van der Waals surface area contributed by atoms with Crippen molar-refractivity contribution in [1.29, 1.82) is 0 Å². The molecule has 0 bridgehead atoms. The van der Waals surface area contributed by atoms with Crippen molar-refractivity contribution in [2.45, 2.75) is 26.0 Å². The molecule has 0 N–H and O–H groups in total. The average molecular weight is 268 g/mol. The summed E-state index contributed by atoms with van der Waals surface area (Å²) in [5.41, 5.74) is 2.50. The van der Waals surface area contributed by atoms with Crippen molar-refractivity contribution >= 4 is 0 Å². The average Bonchev–Trinajstić information content (AvgIpc) is 2.87. The predicted molar refractivity (Wildman–Crippen MR) is 79.7 cm³/mol. The molecule has 0 spiro atoms. The normalized spacial score (nSPS) is 19.1. The molecule has 3 nitrogen and oxygen atoms in total. The molecule has 0 amide bonds. The number of likely N-dealkylation sites (tertiary alicyclic amines) is 1. The number of aromatic nitrogens is 1. The number of rotatable bonds is 4. The quantitative estimate of drug-likeness (QED) is 0.852. The van der Waals surface area contributed by atoms with E-state index in [0.717, 1.165) is 31.8 Å². The Morgan fingerprint density at radius 3 is 2.90 bits per heavy atom. The fraction of sp³-hybridized carbons (Fsp3) is 0.353. The Labute approximate surface area is 120 Å². The largest absolute Gasteiger partial charge is 0.489 e. The maximum absolute atomic E-state index is 6.01. The summed E-state index contributed by atoms with van der Waals surface area (Å²) in [5, 5.41) is 0. The molecule has 1 saturated heterocycles. The minimum atomic E-state index is 0.301. The summed E-state index contributed by atoms with van der Waals surface area (Å²) in [6.07, 6.45) is 5.25. The van der Waals surface area contributed by atoms with Crippen LogP contribution >= 0.6 is 0 Å². The van der Waals surface area contributed by atoms with Crippen LogP contribution in [0.15, 0.2) is 48.8 Å². The van der Waals surface area contributed by atoms with Gasteiger partial charge in [-0.3, -0.25) is 9.88 Å². The second-order valence-electron chi connectivity index (χ2n) is 5.45. The maximum Gasteiger partial charge on any atom is 0.119 e. The smallest absolute Gasteiger partial charge is 0.119 e. The lowest BCUT2D eigenvalue weighted by Crippen LogP contribution is -2.24. The maximum atomic E-state index is 6.01. The van der Waals surface area contributed by atoms with Crippen LogP contribution in [0.1, 0.15) is 17.5 Å². The highest BCUT2D eigenvalue weighted by molar-refractivity contribution is 5.21. The van der Waals surface area contributed by atoms with Gasteiger partial charge in [0.15, 0.2) is 0 Å². The topological polar surface area (TPSA) is 25.4 Å². The number of para-hydroxylation sites is 1. The minimum Gasteiger partial charge on any atom is -0.489 e. The summed E-state index contributed by atoms with van der Waals surface area (Å²) in [6.45, 7) is 5.12.